The van der Waals surface area contributed by atoms with Crippen LogP contribution < -0.4 is 25.0 Å². The van der Waals surface area contributed by atoms with Crippen LogP contribution in [0.15, 0.2) is 77.2 Å². The molecule has 0 radical (unpaired) electrons. The number of carbonyl (C=O) groups is 3. The average molecular weight is 500 g/mol. The van der Waals surface area contributed by atoms with Crippen LogP contribution in [0.4, 0.5) is 17.1 Å². The molecular weight excluding hydrogens is 474 g/mol. The number of furan rings is 1. The summed E-state index contributed by atoms with van der Waals surface area (Å²) in [5, 5.41) is 6.21. The Labute approximate surface area is 213 Å². The number of ether oxygens (including phenoxy) is 2. The van der Waals surface area contributed by atoms with Crippen LogP contribution in [-0.2, 0) is 9.59 Å². The normalized spacial score (nSPS) is 15.0. The first-order valence-electron chi connectivity index (χ1n) is 11.7. The number of hydrogen-bond donors (Lipinski definition) is 2. The van der Waals surface area contributed by atoms with E-state index in [1.54, 1.807) is 47.4 Å². The Kier molecular flexibility index (Phi) is 6.51. The van der Waals surface area contributed by atoms with Crippen LogP contribution in [0.3, 0.4) is 0 Å². The number of carbonyl (C=O) groups excluding carboxylic acids is 3. The zero-order valence-corrected chi connectivity index (χ0v) is 20.3. The Bertz CT molecular complexity index is 1480. The van der Waals surface area contributed by atoms with E-state index in [0.717, 1.165) is 5.69 Å². The highest BCUT2D eigenvalue weighted by Gasteiger charge is 2.36. The highest BCUT2D eigenvalue weighted by atomic mass is 16.5. The molecule has 4 aromatic rings. The molecule has 9 nitrogen and oxygen atoms in total. The van der Waals surface area contributed by atoms with E-state index in [-0.39, 0.29) is 36.2 Å². The molecule has 188 valence electrons. The molecular formula is C28H25N3O6. The number of anilines is 3. The van der Waals surface area contributed by atoms with Crippen molar-refractivity contribution in [2.45, 2.75) is 6.42 Å². The van der Waals surface area contributed by atoms with Crippen LogP contribution in [0.25, 0.3) is 11.0 Å². The molecule has 1 fully saturated rings. The van der Waals surface area contributed by atoms with Crippen LogP contribution in [0.2, 0.25) is 0 Å². The second kappa shape index (κ2) is 10.1. The Morgan fingerprint density at radius 2 is 1.70 bits per heavy atom. The number of rotatable bonds is 7. The molecule has 1 saturated heterocycles. The maximum absolute atomic E-state index is 13.3. The van der Waals surface area contributed by atoms with Gasteiger partial charge in [0.1, 0.15) is 22.8 Å². The summed E-state index contributed by atoms with van der Waals surface area (Å²) in [4.78, 5) is 40.9. The minimum absolute atomic E-state index is 0.0661. The van der Waals surface area contributed by atoms with E-state index in [0.29, 0.717) is 28.2 Å². The molecule has 0 saturated carbocycles. The van der Waals surface area contributed by atoms with Crippen molar-refractivity contribution in [1.82, 2.24) is 0 Å². The second-order valence-corrected chi connectivity index (χ2v) is 8.55. The van der Waals surface area contributed by atoms with Gasteiger partial charge in [0.25, 0.3) is 5.91 Å². The van der Waals surface area contributed by atoms with Crippen molar-refractivity contribution in [2.75, 3.05) is 36.3 Å². The van der Waals surface area contributed by atoms with Crippen LogP contribution in [0, 0.1) is 5.92 Å². The topological polar surface area (TPSA) is 110 Å². The second-order valence-electron chi connectivity index (χ2n) is 8.55. The molecule has 2 heterocycles. The molecule has 0 bridgehead atoms. The SMILES string of the molecule is COc1ccc(OC)c(NC(=O)c2oc3ccccc3c2NC(=O)C2CC(=O)N(c3ccccc3)C2)c1. The van der Waals surface area contributed by atoms with Gasteiger partial charge in [-0.1, -0.05) is 30.3 Å². The van der Waals surface area contributed by atoms with Gasteiger partial charge in [-0.15, -0.1) is 0 Å². The van der Waals surface area contributed by atoms with Crippen molar-refractivity contribution in [3.8, 4) is 11.5 Å². The molecule has 0 spiro atoms. The Hall–Kier alpha value is -4.79. The van der Waals surface area contributed by atoms with E-state index in [2.05, 4.69) is 10.6 Å². The highest BCUT2D eigenvalue weighted by Crippen LogP contribution is 2.35. The number of hydrogen-bond acceptors (Lipinski definition) is 6. The van der Waals surface area contributed by atoms with Gasteiger partial charge in [-0.3, -0.25) is 14.4 Å². The Balaban J connectivity index is 1.42. The van der Waals surface area contributed by atoms with Gasteiger partial charge in [0.2, 0.25) is 17.6 Å². The fourth-order valence-corrected chi connectivity index (χ4v) is 4.39. The highest BCUT2D eigenvalue weighted by molar-refractivity contribution is 6.15. The first-order chi connectivity index (χ1) is 18.0. The molecule has 9 heteroatoms. The van der Waals surface area contributed by atoms with Crippen molar-refractivity contribution in [2.24, 2.45) is 5.92 Å². The maximum atomic E-state index is 13.3. The van der Waals surface area contributed by atoms with Gasteiger partial charge in [-0.25, -0.2) is 0 Å². The van der Waals surface area contributed by atoms with Gasteiger partial charge < -0.3 is 29.4 Å². The van der Waals surface area contributed by atoms with Crippen LogP contribution >= 0.6 is 0 Å². The summed E-state index contributed by atoms with van der Waals surface area (Å²) >= 11 is 0. The first kappa shape index (κ1) is 23.9. The number of amides is 3. The molecule has 5 rings (SSSR count). The summed E-state index contributed by atoms with van der Waals surface area (Å²) in [6.07, 6.45) is 0.0685. The minimum Gasteiger partial charge on any atom is -0.497 e. The summed E-state index contributed by atoms with van der Waals surface area (Å²) in [5.41, 5.74) is 1.80. The summed E-state index contributed by atoms with van der Waals surface area (Å²) in [6, 6.07) is 21.3. The van der Waals surface area contributed by atoms with E-state index in [1.807, 2.05) is 30.3 Å². The summed E-state index contributed by atoms with van der Waals surface area (Å²) in [5.74, 6) is -0.770. The number of fused-ring (bicyclic) bond motifs is 1. The summed E-state index contributed by atoms with van der Waals surface area (Å²) < 4.78 is 16.5. The van der Waals surface area contributed by atoms with Gasteiger partial charge >= 0.3 is 0 Å². The van der Waals surface area contributed by atoms with Crippen LogP contribution in [0.5, 0.6) is 11.5 Å². The summed E-state index contributed by atoms with van der Waals surface area (Å²) in [6.45, 7) is 0.243. The van der Waals surface area contributed by atoms with Crippen molar-refractivity contribution >= 4 is 45.8 Å². The third-order valence-corrected chi connectivity index (χ3v) is 6.27. The lowest BCUT2D eigenvalue weighted by Crippen LogP contribution is -2.28. The number of nitrogens with zero attached hydrogens (tertiary/aromatic N) is 1. The largest absolute Gasteiger partial charge is 0.497 e. The zero-order valence-electron chi connectivity index (χ0n) is 20.3. The quantitative estimate of drug-likeness (QED) is 0.382. The third-order valence-electron chi connectivity index (χ3n) is 6.27. The number of nitrogens with one attached hydrogen (secondary N) is 2. The molecule has 1 aliphatic heterocycles. The summed E-state index contributed by atoms with van der Waals surface area (Å²) in [7, 11) is 3.01. The monoisotopic (exact) mass is 499 g/mol. The first-order valence-corrected chi connectivity index (χ1v) is 11.7. The third kappa shape index (κ3) is 4.71. The standard InChI is InChI=1S/C28H25N3O6/c1-35-19-12-13-23(36-2)21(15-19)29-28(34)26-25(20-10-6-7-11-22(20)37-26)30-27(33)17-14-24(32)31(16-17)18-8-4-3-5-9-18/h3-13,15,17H,14,16H2,1-2H3,(H,29,34)(H,30,33). The van der Waals surface area contributed by atoms with Gasteiger partial charge in [0.05, 0.1) is 25.8 Å². The molecule has 1 aliphatic rings. The molecule has 1 atom stereocenters. The molecule has 1 unspecified atom stereocenters. The molecule has 2 N–H and O–H groups in total. The predicted molar refractivity (Wildman–Crippen MR) is 139 cm³/mol. The molecule has 1 aromatic heterocycles. The zero-order chi connectivity index (χ0) is 25.9. The van der Waals surface area contributed by atoms with E-state index in [9.17, 15) is 14.4 Å². The molecule has 3 aromatic carbocycles. The van der Waals surface area contributed by atoms with E-state index in [4.69, 9.17) is 13.9 Å². The van der Waals surface area contributed by atoms with Gasteiger partial charge in [0, 0.05) is 30.1 Å². The lowest BCUT2D eigenvalue weighted by molar-refractivity contribution is -0.122. The van der Waals surface area contributed by atoms with Crippen LogP contribution in [0.1, 0.15) is 17.0 Å². The fraction of sp³-hybridized carbons (Fsp3) is 0.179. The molecule has 0 aliphatic carbocycles. The Morgan fingerprint density at radius 1 is 0.946 bits per heavy atom. The lowest BCUT2D eigenvalue weighted by Gasteiger charge is -2.16. The predicted octanol–water partition coefficient (Wildman–Crippen LogP) is 4.69. The maximum Gasteiger partial charge on any atom is 0.293 e. The van der Waals surface area contributed by atoms with E-state index >= 15 is 0 Å². The van der Waals surface area contributed by atoms with Gasteiger partial charge in [-0.2, -0.15) is 0 Å². The minimum atomic E-state index is -0.587. The number of para-hydroxylation sites is 2. The van der Waals surface area contributed by atoms with Crippen LogP contribution in [-0.4, -0.2) is 38.5 Å². The molecule has 3 amide bonds. The fourth-order valence-electron chi connectivity index (χ4n) is 4.39. The lowest BCUT2D eigenvalue weighted by atomic mass is 10.1. The van der Waals surface area contributed by atoms with Gasteiger partial charge in [-0.05, 0) is 36.4 Å². The van der Waals surface area contributed by atoms with E-state index < -0.39 is 11.8 Å². The van der Waals surface area contributed by atoms with Crippen molar-refractivity contribution in [3.05, 3.63) is 78.6 Å². The van der Waals surface area contributed by atoms with Crippen molar-refractivity contribution in [1.29, 1.82) is 0 Å². The van der Waals surface area contributed by atoms with Crippen molar-refractivity contribution < 1.29 is 28.3 Å². The van der Waals surface area contributed by atoms with Crippen molar-refractivity contribution in [3.63, 3.8) is 0 Å². The number of methoxy groups -OCH3 is 2. The Morgan fingerprint density at radius 3 is 2.46 bits per heavy atom. The molecule has 37 heavy (non-hydrogen) atoms. The van der Waals surface area contributed by atoms with E-state index in [1.165, 1.54) is 14.2 Å². The average Bonchev–Trinajstić information content (AvgIpc) is 3.50. The van der Waals surface area contributed by atoms with Gasteiger partial charge in [0.15, 0.2) is 0 Å². The smallest absolute Gasteiger partial charge is 0.293 e. The number of benzene rings is 3.